The number of benzene rings is 1. The summed E-state index contributed by atoms with van der Waals surface area (Å²) in [4.78, 5) is 23.2. The molecule has 0 radical (unpaired) electrons. The maximum atomic E-state index is 12.3. The third kappa shape index (κ3) is 3.82. The molecule has 126 valence electrons. The zero-order chi connectivity index (χ0) is 16.9. The van der Waals surface area contributed by atoms with E-state index in [9.17, 15) is 4.79 Å². The Kier molecular flexibility index (Phi) is 4.93. The van der Waals surface area contributed by atoms with Crippen molar-refractivity contribution in [1.82, 2.24) is 9.97 Å². The lowest BCUT2D eigenvalue weighted by Crippen LogP contribution is -2.35. The minimum atomic E-state index is -0.234. The molecule has 1 atom stereocenters. The normalized spacial score (nSPS) is 17.4. The van der Waals surface area contributed by atoms with Crippen LogP contribution in [-0.4, -0.2) is 36.1 Å². The van der Waals surface area contributed by atoms with E-state index in [1.807, 2.05) is 18.2 Å². The van der Waals surface area contributed by atoms with Crippen molar-refractivity contribution in [2.45, 2.75) is 19.8 Å². The van der Waals surface area contributed by atoms with Gasteiger partial charge in [0.2, 0.25) is 5.95 Å². The molecule has 1 amide bonds. The van der Waals surface area contributed by atoms with Crippen molar-refractivity contribution >= 4 is 17.5 Å². The number of rotatable bonds is 4. The van der Waals surface area contributed by atoms with Crippen LogP contribution in [0.15, 0.2) is 36.7 Å². The molecule has 6 heteroatoms. The fraction of sp³-hybridized carbons (Fsp3) is 0.389. The first-order valence-corrected chi connectivity index (χ1v) is 8.18. The minimum Gasteiger partial charge on any atom is -0.497 e. The Bertz CT molecular complexity index is 702. The second-order valence-corrected chi connectivity index (χ2v) is 6.15. The number of anilines is 2. The Morgan fingerprint density at radius 3 is 2.83 bits per heavy atom. The molecule has 0 bridgehead atoms. The van der Waals surface area contributed by atoms with Crippen molar-refractivity contribution in [2.24, 2.45) is 5.92 Å². The summed E-state index contributed by atoms with van der Waals surface area (Å²) in [6.07, 6.45) is 5.56. The third-order valence-corrected chi connectivity index (χ3v) is 4.17. The molecule has 6 nitrogen and oxygen atoms in total. The van der Waals surface area contributed by atoms with E-state index in [2.05, 4.69) is 27.1 Å². The summed E-state index contributed by atoms with van der Waals surface area (Å²) < 4.78 is 5.15. The molecule has 1 saturated heterocycles. The van der Waals surface area contributed by atoms with Gasteiger partial charge in [-0.05, 0) is 30.9 Å². The van der Waals surface area contributed by atoms with Gasteiger partial charge in [0.15, 0.2) is 0 Å². The number of nitrogens with one attached hydrogen (secondary N) is 1. The van der Waals surface area contributed by atoms with E-state index in [0.29, 0.717) is 28.9 Å². The van der Waals surface area contributed by atoms with Crippen molar-refractivity contribution in [2.75, 3.05) is 30.4 Å². The highest BCUT2D eigenvalue weighted by molar-refractivity contribution is 6.03. The quantitative estimate of drug-likeness (QED) is 0.935. The Morgan fingerprint density at radius 2 is 2.12 bits per heavy atom. The third-order valence-electron chi connectivity index (χ3n) is 4.17. The smallest absolute Gasteiger partial charge is 0.258 e. The topological polar surface area (TPSA) is 67.3 Å². The molecule has 0 saturated carbocycles. The minimum absolute atomic E-state index is 0.234. The Labute approximate surface area is 141 Å². The first kappa shape index (κ1) is 16.2. The molecule has 24 heavy (non-hydrogen) atoms. The molecule has 1 aliphatic rings. The number of nitrogens with zero attached hydrogens (tertiary/aromatic N) is 3. The van der Waals surface area contributed by atoms with Gasteiger partial charge in [0.25, 0.3) is 5.91 Å². The Balaban J connectivity index is 1.67. The van der Waals surface area contributed by atoms with Gasteiger partial charge in [0.1, 0.15) is 5.75 Å². The van der Waals surface area contributed by atoms with E-state index < -0.39 is 0 Å². The van der Waals surface area contributed by atoms with Crippen LogP contribution >= 0.6 is 0 Å². The van der Waals surface area contributed by atoms with Gasteiger partial charge in [-0.15, -0.1) is 0 Å². The van der Waals surface area contributed by atoms with Crippen LogP contribution in [0, 0.1) is 5.92 Å². The van der Waals surface area contributed by atoms with Crippen molar-refractivity contribution in [3.8, 4) is 5.75 Å². The van der Waals surface area contributed by atoms with Gasteiger partial charge in [-0.3, -0.25) is 4.79 Å². The molecule has 0 aliphatic carbocycles. The van der Waals surface area contributed by atoms with E-state index in [0.717, 1.165) is 19.5 Å². The van der Waals surface area contributed by atoms with Gasteiger partial charge >= 0.3 is 0 Å². The molecule has 1 N–H and O–H groups in total. The number of piperidine rings is 1. The second kappa shape index (κ2) is 7.29. The first-order valence-electron chi connectivity index (χ1n) is 8.18. The Hall–Kier alpha value is -2.63. The number of hydrogen-bond donors (Lipinski definition) is 1. The zero-order valence-electron chi connectivity index (χ0n) is 14.0. The summed E-state index contributed by atoms with van der Waals surface area (Å²) in [5, 5.41) is 2.83. The Morgan fingerprint density at radius 1 is 1.33 bits per heavy atom. The highest BCUT2D eigenvalue weighted by Gasteiger charge is 2.19. The van der Waals surface area contributed by atoms with E-state index in [1.54, 1.807) is 25.6 Å². The van der Waals surface area contributed by atoms with Crippen LogP contribution in [0.4, 0.5) is 11.6 Å². The largest absolute Gasteiger partial charge is 0.497 e. The van der Waals surface area contributed by atoms with Crippen LogP contribution in [0.5, 0.6) is 5.75 Å². The summed E-state index contributed by atoms with van der Waals surface area (Å²) in [6, 6.07) is 7.23. The van der Waals surface area contributed by atoms with E-state index in [1.165, 1.54) is 6.42 Å². The van der Waals surface area contributed by atoms with Crippen molar-refractivity contribution in [1.29, 1.82) is 0 Å². The van der Waals surface area contributed by atoms with Gasteiger partial charge in [-0.2, -0.15) is 0 Å². The molecular formula is C18H22N4O2. The summed E-state index contributed by atoms with van der Waals surface area (Å²) in [6.45, 7) is 4.18. The maximum Gasteiger partial charge on any atom is 0.258 e. The lowest BCUT2D eigenvalue weighted by Gasteiger charge is -2.30. The summed E-state index contributed by atoms with van der Waals surface area (Å²) in [5.41, 5.74) is 1.11. The van der Waals surface area contributed by atoms with Gasteiger partial charge < -0.3 is 15.0 Å². The number of carbonyl (C=O) groups is 1. The summed E-state index contributed by atoms with van der Waals surface area (Å²) >= 11 is 0. The predicted molar refractivity (Wildman–Crippen MR) is 93.6 cm³/mol. The SMILES string of the molecule is COc1cccc(NC(=O)c2cnc(N3CCCC(C)C3)nc2)c1. The molecule has 1 aliphatic heterocycles. The predicted octanol–water partition coefficient (Wildman–Crippen LogP) is 2.97. The van der Waals surface area contributed by atoms with Crippen LogP contribution in [0.3, 0.4) is 0 Å². The van der Waals surface area contributed by atoms with Crippen molar-refractivity contribution in [3.63, 3.8) is 0 Å². The number of aromatic nitrogens is 2. The fourth-order valence-electron chi connectivity index (χ4n) is 2.88. The van der Waals surface area contributed by atoms with Crippen LogP contribution < -0.4 is 15.0 Å². The highest BCUT2D eigenvalue weighted by atomic mass is 16.5. The molecule has 1 aromatic carbocycles. The number of amides is 1. The van der Waals surface area contributed by atoms with Crippen LogP contribution in [0.25, 0.3) is 0 Å². The van der Waals surface area contributed by atoms with Crippen LogP contribution in [-0.2, 0) is 0 Å². The van der Waals surface area contributed by atoms with Gasteiger partial charge in [0.05, 0.1) is 12.7 Å². The van der Waals surface area contributed by atoms with Crippen LogP contribution in [0.1, 0.15) is 30.1 Å². The lowest BCUT2D eigenvalue weighted by atomic mass is 10.0. The maximum absolute atomic E-state index is 12.3. The van der Waals surface area contributed by atoms with Crippen molar-refractivity contribution < 1.29 is 9.53 Å². The molecule has 2 aromatic rings. The number of hydrogen-bond acceptors (Lipinski definition) is 5. The summed E-state index contributed by atoms with van der Waals surface area (Å²) in [7, 11) is 1.59. The lowest BCUT2D eigenvalue weighted by molar-refractivity contribution is 0.102. The van der Waals surface area contributed by atoms with Crippen molar-refractivity contribution in [3.05, 3.63) is 42.2 Å². The highest BCUT2D eigenvalue weighted by Crippen LogP contribution is 2.20. The molecule has 1 unspecified atom stereocenters. The fourth-order valence-corrected chi connectivity index (χ4v) is 2.88. The molecular weight excluding hydrogens is 304 g/mol. The van der Waals surface area contributed by atoms with Gasteiger partial charge in [-0.1, -0.05) is 13.0 Å². The van der Waals surface area contributed by atoms with Gasteiger partial charge in [0, 0.05) is 37.2 Å². The first-order chi connectivity index (χ1) is 11.7. The molecule has 0 spiro atoms. The standard InChI is InChI=1S/C18H22N4O2/c1-13-5-4-8-22(12-13)18-19-10-14(11-20-18)17(23)21-15-6-3-7-16(9-15)24-2/h3,6-7,9-11,13H,4-5,8,12H2,1-2H3,(H,21,23). The zero-order valence-corrected chi connectivity index (χ0v) is 14.0. The molecule has 1 aromatic heterocycles. The van der Waals surface area contributed by atoms with Crippen LogP contribution in [0.2, 0.25) is 0 Å². The molecule has 2 heterocycles. The van der Waals surface area contributed by atoms with Gasteiger partial charge in [-0.25, -0.2) is 9.97 Å². The average molecular weight is 326 g/mol. The monoisotopic (exact) mass is 326 g/mol. The number of carbonyl (C=O) groups excluding carboxylic acids is 1. The average Bonchev–Trinajstić information content (AvgIpc) is 2.62. The molecule has 3 rings (SSSR count). The molecule has 1 fully saturated rings. The number of ether oxygens (including phenoxy) is 1. The van der Waals surface area contributed by atoms with E-state index in [4.69, 9.17) is 4.74 Å². The van der Waals surface area contributed by atoms with E-state index >= 15 is 0 Å². The summed E-state index contributed by atoms with van der Waals surface area (Å²) in [5.74, 6) is 1.80. The number of methoxy groups -OCH3 is 1. The van der Waals surface area contributed by atoms with E-state index in [-0.39, 0.29) is 5.91 Å². The second-order valence-electron chi connectivity index (χ2n) is 6.15.